The van der Waals surface area contributed by atoms with Crippen LogP contribution in [-0.2, 0) is 26.5 Å². The van der Waals surface area contributed by atoms with Gasteiger partial charge in [0.1, 0.15) is 0 Å². The fourth-order valence-corrected chi connectivity index (χ4v) is 7.35. The summed E-state index contributed by atoms with van der Waals surface area (Å²) in [5.41, 5.74) is 5.21. The molecule has 8 heteroatoms. The summed E-state index contributed by atoms with van der Waals surface area (Å²) in [4.78, 5) is 0.385. The van der Waals surface area contributed by atoms with Crippen LogP contribution < -0.4 is 9.03 Å². The predicted molar refractivity (Wildman–Crippen MR) is 127 cm³/mol. The normalized spacial score (nSPS) is 13.8. The van der Waals surface area contributed by atoms with Gasteiger partial charge in [0.15, 0.2) is 0 Å². The van der Waals surface area contributed by atoms with Gasteiger partial charge in [-0.25, -0.2) is 16.8 Å². The highest BCUT2D eigenvalue weighted by Crippen LogP contribution is 2.33. The molecule has 168 valence electrons. The zero-order valence-electron chi connectivity index (χ0n) is 18.5. The summed E-state index contributed by atoms with van der Waals surface area (Å²) in [5, 5.41) is 0. The number of hydrogen-bond acceptors (Lipinski definition) is 4. The number of nitrogens with zero attached hydrogens (tertiary/aromatic N) is 1. The third kappa shape index (κ3) is 3.78. The molecule has 1 aliphatic heterocycles. The monoisotopic (exact) mass is 470 g/mol. The molecule has 0 amide bonds. The Morgan fingerprint density at radius 3 is 2.03 bits per heavy atom. The van der Waals surface area contributed by atoms with Crippen LogP contribution in [-0.4, -0.2) is 23.4 Å². The van der Waals surface area contributed by atoms with Crippen molar-refractivity contribution in [2.75, 3.05) is 15.6 Å². The Balaban J connectivity index is 1.63. The van der Waals surface area contributed by atoms with Gasteiger partial charge in [0.2, 0.25) is 0 Å². The lowest BCUT2D eigenvalue weighted by molar-refractivity contribution is 0.592. The highest BCUT2D eigenvalue weighted by molar-refractivity contribution is 7.93. The van der Waals surface area contributed by atoms with Crippen LogP contribution in [0.1, 0.15) is 27.8 Å². The van der Waals surface area contributed by atoms with Crippen molar-refractivity contribution in [3.8, 4) is 0 Å². The van der Waals surface area contributed by atoms with Crippen molar-refractivity contribution in [2.24, 2.45) is 0 Å². The summed E-state index contributed by atoms with van der Waals surface area (Å²) < 4.78 is 56.6. The molecule has 1 heterocycles. The van der Waals surface area contributed by atoms with Gasteiger partial charge in [-0.05, 0) is 92.3 Å². The van der Waals surface area contributed by atoms with E-state index in [9.17, 15) is 16.8 Å². The molecule has 0 aliphatic carbocycles. The standard InChI is InChI=1S/C24H26N2O4S2/c1-16-15-17(2)19(4)24(18(16)3)31(27,28)25-21-9-11-22(12-10-21)32(29,30)26-14-13-20-7-5-6-8-23(20)26/h5-12,15,25H,13-14H2,1-4H3. The Morgan fingerprint density at radius 2 is 1.41 bits per heavy atom. The first-order chi connectivity index (χ1) is 15.0. The molecule has 0 saturated heterocycles. The van der Waals surface area contributed by atoms with E-state index in [4.69, 9.17) is 0 Å². The summed E-state index contributed by atoms with van der Waals surface area (Å²) in [6.45, 7) is 7.75. The van der Waals surface area contributed by atoms with Gasteiger partial charge in [0.25, 0.3) is 20.0 Å². The van der Waals surface area contributed by atoms with Gasteiger partial charge in [-0.3, -0.25) is 9.03 Å². The largest absolute Gasteiger partial charge is 0.280 e. The second kappa shape index (κ2) is 7.94. The number of para-hydroxylation sites is 1. The second-order valence-corrected chi connectivity index (χ2v) is 11.7. The van der Waals surface area contributed by atoms with Gasteiger partial charge in [-0.1, -0.05) is 24.3 Å². The Morgan fingerprint density at radius 1 is 0.812 bits per heavy atom. The van der Waals surface area contributed by atoms with Gasteiger partial charge in [0, 0.05) is 12.2 Å². The van der Waals surface area contributed by atoms with E-state index in [-0.39, 0.29) is 9.79 Å². The first-order valence-corrected chi connectivity index (χ1v) is 13.3. The van der Waals surface area contributed by atoms with E-state index in [1.165, 1.54) is 28.6 Å². The molecule has 3 aromatic carbocycles. The Hall–Kier alpha value is -2.84. The predicted octanol–water partition coefficient (Wildman–Crippen LogP) is 4.47. The molecule has 32 heavy (non-hydrogen) atoms. The van der Waals surface area contributed by atoms with E-state index in [0.29, 0.717) is 35.5 Å². The molecule has 0 unspecified atom stereocenters. The first kappa shape index (κ1) is 22.4. The number of hydrogen-bond donors (Lipinski definition) is 1. The number of anilines is 2. The molecule has 0 atom stereocenters. The Kier molecular flexibility index (Phi) is 5.55. The van der Waals surface area contributed by atoms with Crippen molar-refractivity contribution in [1.29, 1.82) is 0 Å². The molecule has 1 aliphatic rings. The van der Waals surface area contributed by atoms with Crippen molar-refractivity contribution in [2.45, 2.75) is 43.9 Å². The molecule has 0 saturated carbocycles. The summed E-state index contributed by atoms with van der Waals surface area (Å²) in [6, 6.07) is 15.3. The number of rotatable bonds is 5. The maximum Gasteiger partial charge on any atom is 0.264 e. The third-order valence-corrected chi connectivity index (χ3v) is 9.59. The number of aryl methyl sites for hydroxylation is 2. The molecule has 4 rings (SSSR count). The van der Waals surface area contributed by atoms with Crippen LogP contribution in [0.15, 0.2) is 64.4 Å². The number of sulfonamides is 2. The summed E-state index contributed by atoms with van der Waals surface area (Å²) >= 11 is 0. The van der Waals surface area contributed by atoms with Crippen LogP contribution in [0.4, 0.5) is 11.4 Å². The van der Waals surface area contributed by atoms with E-state index in [1.807, 2.05) is 38.1 Å². The van der Waals surface area contributed by atoms with Gasteiger partial charge >= 0.3 is 0 Å². The molecular weight excluding hydrogens is 444 g/mol. The summed E-state index contributed by atoms with van der Waals surface area (Å²) in [5.74, 6) is 0. The maximum absolute atomic E-state index is 13.2. The quantitative estimate of drug-likeness (QED) is 0.596. The fraction of sp³-hybridized carbons (Fsp3) is 0.250. The van der Waals surface area contributed by atoms with Crippen LogP contribution in [0.3, 0.4) is 0 Å². The average Bonchev–Trinajstić information content (AvgIpc) is 3.17. The van der Waals surface area contributed by atoms with Crippen LogP contribution >= 0.6 is 0 Å². The number of fused-ring (bicyclic) bond motifs is 1. The van der Waals surface area contributed by atoms with Crippen molar-refractivity contribution in [3.05, 3.63) is 82.4 Å². The number of nitrogens with one attached hydrogen (secondary N) is 1. The molecule has 0 bridgehead atoms. The maximum atomic E-state index is 13.2. The lowest BCUT2D eigenvalue weighted by Gasteiger charge is -2.20. The molecule has 0 fully saturated rings. The first-order valence-electron chi connectivity index (χ1n) is 10.3. The van der Waals surface area contributed by atoms with Crippen molar-refractivity contribution in [3.63, 3.8) is 0 Å². The highest BCUT2D eigenvalue weighted by Gasteiger charge is 2.30. The third-order valence-electron chi connectivity index (χ3n) is 6.11. The average molecular weight is 471 g/mol. The van der Waals surface area contributed by atoms with Gasteiger partial charge in [-0.15, -0.1) is 0 Å². The van der Waals surface area contributed by atoms with Gasteiger partial charge < -0.3 is 0 Å². The van der Waals surface area contributed by atoms with E-state index in [1.54, 1.807) is 19.9 Å². The van der Waals surface area contributed by atoms with Gasteiger partial charge in [0.05, 0.1) is 15.5 Å². The van der Waals surface area contributed by atoms with Crippen LogP contribution in [0.2, 0.25) is 0 Å². The van der Waals surface area contributed by atoms with E-state index in [2.05, 4.69) is 4.72 Å². The second-order valence-electron chi connectivity index (χ2n) is 8.18. The SMILES string of the molecule is Cc1cc(C)c(C)c(S(=O)(=O)Nc2ccc(S(=O)(=O)N3CCc4ccccc43)cc2)c1C. The van der Waals surface area contributed by atoms with E-state index in [0.717, 1.165) is 16.7 Å². The molecule has 0 aromatic heterocycles. The number of benzene rings is 3. The molecule has 1 N–H and O–H groups in total. The molecule has 0 spiro atoms. The Labute approximate surface area is 190 Å². The lowest BCUT2D eigenvalue weighted by atomic mass is 10.0. The lowest BCUT2D eigenvalue weighted by Crippen LogP contribution is -2.29. The molecular formula is C24H26N2O4S2. The fourth-order valence-electron chi connectivity index (χ4n) is 4.17. The zero-order chi connectivity index (χ0) is 23.3. The topological polar surface area (TPSA) is 83.5 Å². The minimum absolute atomic E-state index is 0.121. The summed E-state index contributed by atoms with van der Waals surface area (Å²) in [6.07, 6.45) is 0.669. The smallest absolute Gasteiger partial charge is 0.264 e. The highest BCUT2D eigenvalue weighted by atomic mass is 32.2. The van der Waals surface area contributed by atoms with Crippen LogP contribution in [0.25, 0.3) is 0 Å². The molecule has 0 radical (unpaired) electrons. The van der Waals surface area contributed by atoms with Crippen LogP contribution in [0.5, 0.6) is 0 Å². The van der Waals surface area contributed by atoms with Crippen LogP contribution in [0, 0.1) is 27.7 Å². The minimum atomic E-state index is -3.83. The Bertz CT molecular complexity index is 1380. The van der Waals surface area contributed by atoms with Crippen molar-refractivity contribution >= 4 is 31.4 Å². The zero-order valence-corrected chi connectivity index (χ0v) is 20.1. The molecule has 6 nitrogen and oxygen atoms in total. The van der Waals surface area contributed by atoms with E-state index < -0.39 is 20.0 Å². The van der Waals surface area contributed by atoms with Crippen molar-refractivity contribution < 1.29 is 16.8 Å². The minimum Gasteiger partial charge on any atom is -0.280 e. The van der Waals surface area contributed by atoms with E-state index >= 15 is 0 Å². The molecule has 3 aromatic rings. The van der Waals surface area contributed by atoms with Crippen molar-refractivity contribution in [1.82, 2.24) is 0 Å². The summed E-state index contributed by atoms with van der Waals surface area (Å²) in [7, 11) is -7.57. The van der Waals surface area contributed by atoms with Gasteiger partial charge in [-0.2, -0.15) is 0 Å².